The Morgan fingerprint density at radius 2 is 1.78 bits per heavy atom. The molecule has 0 saturated heterocycles. The molecular formula is C17H16F2N2O2. The monoisotopic (exact) mass is 318 g/mol. The molecule has 2 amide bonds. The zero-order chi connectivity index (χ0) is 17.0. The van der Waals surface area contributed by atoms with Crippen molar-refractivity contribution >= 4 is 17.5 Å². The van der Waals surface area contributed by atoms with Gasteiger partial charge in [0.15, 0.2) is 17.4 Å². The van der Waals surface area contributed by atoms with E-state index in [0.717, 1.165) is 17.7 Å². The SMILES string of the molecule is CC(=O)c1ccc(C)c(NC(=O)NCc2ccc(F)c(F)c2)c1. The van der Waals surface area contributed by atoms with Crippen molar-refractivity contribution in [2.75, 3.05) is 5.32 Å². The minimum atomic E-state index is -0.963. The lowest BCUT2D eigenvalue weighted by Crippen LogP contribution is -2.28. The Labute approximate surface area is 132 Å². The molecule has 0 aliphatic rings. The van der Waals surface area contributed by atoms with Crippen LogP contribution < -0.4 is 10.6 Å². The smallest absolute Gasteiger partial charge is 0.319 e. The van der Waals surface area contributed by atoms with Gasteiger partial charge < -0.3 is 10.6 Å². The Kier molecular flexibility index (Phi) is 5.05. The van der Waals surface area contributed by atoms with Gasteiger partial charge >= 0.3 is 6.03 Å². The number of anilines is 1. The standard InChI is InChI=1S/C17H16F2N2O2/c1-10-3-5-13(11(2)22)8-16(10)21-17(23)20-9-12-4-6-14(18)15(19)7-12/h3-8H,9H2,1-2H3,(H2,20,21,23). The second-order valence-electron chi connectivity index (χ2n) is 5.14. The van der Waals surface area contributed by atoms with Crippen molar-refractivity contribution in [1.29, 1.82) is 0 Å². The molecule has 0 atom stereocenters. The second-order valence-corrected chi connectivity index (χ2v) is 5.14. The average Bonchev–Trinajstić information content (AvgIpc) is 2.50. The van der Waals surface area contributed by atoms with Gasteiger partial charge in [-0.3, -0.25) is 4.79 Å². The molecule has 6 heteroatoms. The topological polar surface area (TPSA) is 58.2 Å². The number of amides is 2. The molecule has 0 unspecified atom stereocenters. The quantitative estimate of drug-likeness (QED) is 0.843. The number of halogens is 2. The van der Waals surface area contributed by atoms with Crippen LogP contribution in [0.1, 0.15) is 28.4 Å². The molecule has 120 valence electrons. The molecule has 0 aliphatic heterocycles. The Balaban J connectivity index is 2.00. The van der Waals surface area contributed by atoms with Crippen LogP contribution in [0.4, 0.5) is 19.3 Å². The van der Waals surface area contributed by atoms with Gasteiger partial charge in [0.1, 0.15) is 0 Å². The van der Waals surface area contributed by atoms with Gasteiger partial charge in [-0.05, 0) is 43.2 Å². The first-order valence-electron chi connectivity index (χ1n) is 6.97. The fourth-order valence-electron chi connectivity index (χ4n) is 1.97. The Morgan fingerprint density at radius 1 is 1.04 bits per heavy atom. The number of carbonyl (C=O) groups excluding carboxylic acids is 2. The summed E-state index contributed by atoms with van der Waals surface area (Å²) in [5.41, 5.74) is 2.25. The predicted molar refractivity (Wildman–Crippen MR) is 83.4 cm³/mol. The lowest BCUT2D eigenvalue weighted by Gasteiger charge is -2.11. The molecule has 2 N–H and O–H groups in total. The fraction of sp³-hybridized carbons (Fsp3) is 0.176. The van der Waals surface area contributed by atoms with Crippen LogP contribution in [0, 0.1) is 18.6 Å². The van der Waals surface area contributed by atoms with Crippen molar-refractivity contribution in [2.24, 2.45) is 0 Å². The van der Waals surface area contributed by atoms with Crippen molar-refractivity contribution in [3.8, 4) is 0 Å². The zero-order valence-corrected chi connectivity index (χ0v) is 12.7. The van der Waals surface area contributed by atoms with Crippen molar-refractivity contribution in [3.05, 3.63) is 64.7 Å². The van der Waals surface area contributed by atoms with E-state index in [0.29, 0.717) is 16.8 Å². The number of benzene rings is 2. The van der Waals surface area contributed by atoms with Crippen LogP contribution in [0.2, 0.25) is 0 Å². The van der Waals surface area contributed by atoms with E-state index in [9.17, 15) is 18.4 Å². The molecule has 2 aromatic rings. The molecule has 23 heavy (non-hydrogen) atoms. The molecule has 0 saturated carbocycles. The Morgan fingerprint density at radius 3 is 2.43 bits per heavy atom. The summed E-state index contributed by atoms with van der Waals surface area (Å²) in [7, 11) is 0. The highest BCUT2D eigenvalue weighted by atomic mass is 19.2. The van der Waals surface area contributed by atoms with Gasteiger partial charge in [-0.1, -0.05) is 18.2 Å². The summed E-state index contributed by atoms with van der Waals surface area (Å²) in [6, 6.07) is 7.93. The molecular weight excluding hydrogens is 302 g/mol. The van der Waals surface area contributed by atoms with Crippen molar-refractivity contribution in [3.63, 3.8) is 0 Å². The van der Waals surface area contributed by atoms with Gasteiger partial charge in [0.05, 0.1) is 0 Å². The van der Waals surface area contributed by atoms with Crippen LogP contribution in [-0.4, -0.2) is 11.8 Å². The summed E-state index contributed by atoms with van der Waals surface area (Å²) in [5.74, 6) is -2.00. The van der Waals surface area contributed by atoms with Crippen LogP contribution in [0.3, 0.4) is 0 Å². The number of nitrogens with one attached hydrogen (secondary N) is 2. The van der Waals surface area contributed by atoms with E-state index in [4.69, 9.17) is 0 Å². The lowest BCUT2D eigenvalue weighted by molar-refractivity contribution is 0.101. The van der Waals surface area contributed by atoms with Gasteiger partial charge in [-0.25, -0.2) is 13.6 Å². The van der Waals surface area contributed by atoms with E-state index in [-0.39, 0.29) is 12.3 Å². The highest BCUT2D eigenvalue weighted by molar-refractivity contribution is 5.97. The largest absolute Gasteiger partial charge is 0.334 e. The average molecular weight is 318 g/mol. The number of urea groups is 1. The third-order valence-electron chi connectivity index (χ3n) is 3.33. The highest BCUT2D eigenvalue weighted by Crippen LogP contribution is 2.17. The first-order chi connectivity index (χ1) is 10.9. The van der Waals surface area contributed by atoms with E-state index in [1.165, 1.54) is 13.0 Å². The van der Waals surface area contributed by atoms with E-state index in [1.807, 2.05) is 0 Å². The first-order valence-corrected chi connectivity index (χ1v) is 6.97. The summed E-state index contributed by atoms with van der Waals surface area (Å²) in [6.07, 6.45) is 0. The molecule has 4 nitrogen and oxygen atoms in total. The highest BCUT2D eigenvalue weighted by Gasteiger charge is 2.08. The Bertz CT molecular complexity index is 760. The maximum absolute atomic E-state index is 13.1. The van der Waals surface area contributed by atoms with Gasteiger partial charge in [0, 0.05) is 17.8 Å². The fourth-order valence-corrected chi connectivity index (χ4v) is 1.97. The van der Waals surface area contributed by atoms with E-state index >= 15 is 0 Å². The normalized spacial score (nSPS) is 10.3. The summed E-state index contributed by atoms with van der Waals surface area (Å²) in [5, 5.41) is 5.18. The molecule has 0 aliphatic carbocycles. The summed E-state index contributed by atoms with van der Waals surface area (Å²) in [4.78, 5) is 23.3. The number of ketones is 1. The number of hydrogen-bond acceptors (Lipinski definition) is 2. The predicted octanol–water partition coefficient (Wildman–Crippen LogP) is 3.80. The van der Waals surface area contributed by atoms with E-state index < -0.39 is 17.7 Å². The third-order valence-corrected chi connectivity index (χ3v) is 3.33. The summed E-state index contributed by atoms with van der Waals surface area (Å²) >= 11 is 0. The molecule has 0 spiro atoms. The van der Waals surface area contributed by atoms with Crippen LogP contribution in [0.5, 0.6) is 0 Å². The Hall–Kier alpha value is -2.76. The van der Waals surface area contributed by atoms with Gasteiger partial charge in [-0.2, -0.15) is 0 Å². The summed E-state index contributed by atoms with van der Waals surface area (Å²) in [6.45, 7) is 3.29. The van der Waals surface area contributed by atoms with Crippen LogP contribution in [-0.2, 0) is 6.54 Å². The zero-order valence-electron chi connectivity index (χ0n) is 12.7. The van der Waals surface area contributed by atoms with Gasteiger partial charge in [-0.15, -0.1) is 0 Å². The van der Waals surface area contributed by atoms with Crippen molar-refractivity contribution in [1.82, 2.24) is 5.32 Å². The van der Waals surface area contributed by atoms with Crippen LogP contribution in [0.15, 0.2) is 36.4 Å². The lowest BCUT2D eigenvalue weighted by atomic mass is 10.1. The number of carbonyl (C=O) groups is 2. The minimum absolute atomic E-state index is 0.0501. The third kappa shape index (κ3) is 4.35. The van der Waals surface area contributed by atoms with E-state index in [1.54, 1.807) is 25.1 Å². The summed E-state index contributed by atoms with van der Waals surface area (Å²) < 4.78 is 25.9. The molecule has 0 aromatic heterocycles. The number of hydrogen-bond donors (Lipinski definition) is 2. The minimum Gasteiger partial charge on any atom is -0.334 e. The molecule has 0 bridgehead atoms. The molecule has 0 radical (unpaired) electrons. The van der Waals surface area contributed by atoms with Gasteiger partial charge in [0.25, 0.3) is 0 Å². The maximum Gasteiger partial charge on any atom is 0.319 e. The van der Waals surface area contributed by atoms with Gasteiger partial charge in [0.2, 0.25) is 0 Å². The first kappa shape index (κ1) is 16.6. The van der Waals surface area contributed by atoms with E-state index in [2.05, 4.69) is 10.6 Å². The van der Waals surface area contributed by atoms with Crippen LogP contribution in [0.25, 0.3) is 0 Å². The van der Waals surface area contributed by atoms with Crippen molar-refractivity contribution < 1.29 is 18.4 Å². The maximum atomic E-state index is 13.1. The number of Topliss-reactive ketones (excluding diaryl/α,β-unsaturated/α-hetero) is 1. The second kappa shape index (κ2) is 7.00. The molecule has 0 fully saturated rings. The van der Waals surface area contributed by atoms with Crippen molar-refractivity contribution in [2.45, 2.75) is 20.4 Å². The molecule has 2 aromatic carbocycles. The number of aryl methyl sites for hydroxylation is 1. The number of rotatable bonds is 4. The molecule has 2 rings (SSSR count). The van der Waals surface area contributed by atoms with Crippen LogP contribution >= 0.6 is 0 Å². The molecule has 0 heterocycles.